The molecule has 29 heavy (non-hydrogen) atoms. The van der Waals surface area contributed by atoms with Crippen molar-refractivity contribution in [2.75, 3.05) is 42.3 Å². The summed E-state index contributed by atoms with van der Waals surface area (Å²) in [6.45, 7) is 3.41. The Labute approximate surface area is 173 Å². The van der Waals surface area contributed by atoms with Crippen molar-refractivity contribution < 1.29 is 4.74 Å². The number of nitrogens with one attached hydrogen (secondary N) is 1. The molecular weight excluding hydrogens is 382 g/mol. The molecule has 0 aliphatic carbocycles. The van der Waals surface area contributed by atoms with E-state index in [1.165, 1.54) is 5.69 Å². The molecule has 0 amide bonds. The van der Waals surface area contributed by atoms with Crippen molar-refractivity contribution in [1.29, 1.82) is 0 Å². The lowest BCUT2D eigenvalue weighted by Crippen LogP contribution is -2.36. The second-order valence-corrected chi connectivity index (χ2v) is 7.83. The largest absolute Gasteiger partial charge is 0.398 e. The normalized spacial score (nSPS) is 14.3. The maximum atomic E-state index is 6.17. The molecule has 2 aromatic heterocycles. The number of morpholine rings is 1. The second-order valence-electron chi connectivity index (χ2n) is 6.91. The van der Waals surface area contributed by atoms with Crippen LogP contribution in [0.4, 0.5) is 23.0 Å². The van der Waals surface area contributed by atoms with Crippen LogP contribution in [0.3, 0.4) is 0 Å². The molecule has 1 fully saturated rings. The number of nitrogens with two attached hydrogens (primary N) is 1. The van der Waals surface area contributed by atoms with Crippen LogP contribution in [0.25, 0.3) is 21.3 Å². The van der Waals surface area contributed by atoms with Crippen LogP contribution in [-0.4, -0.2) is 36.3 Å². The van der Waals surface area contributed by atoms with E-state index in [0.29, 0.717) is 5.95 Å². The van der Waals surface area contributed by atoms with E-state index < -0.39 is 0 Å². The van der Waals surface area contributed by atoms with E-state index in [4.69, 9.17) is 15.5 Å². The van der Waals surface area contributed by atoms with Crippen LogP contribution >= 0.6 is 11.3 Å². The smallest absolute Gasteiger partial charge is 0.227 e. The van der Waals surface area contributed by atoms with Gasteiger partial charge in [-0.1, -0.05) is 18.2 Å². The molecule has 0 bridgehead atoms. The highest BCUT2D eigenvalue weighted by Crippen LogP contribution is 2.35. The minimum atomic E-state index is 0.575. The van der Waals surface area contributed by atoms with Crippen molar-refractivity contribution >= 4 is 44.6 Å². The number of anilines is 4. The van der Waals surface area contributed by atoms with Crippen LogP contribution in [0, 0.1) is 0 Å². The number of para-hydroxylation sites is 1. The first-order valence-electron chi connectivity index (χ1n) is 9.57. The Bertz CT molecular complexity index is 1140. The summed E-state index contributed by atoms with van der Waals surface area (Å²) in [5.74, 6) is 0.575. The Hall–Kier alpha value is -3.16. The minimum absolute atomic E-state index is 0.575. The van der Waals surface area contributed by atoms with Gasteiger partial charge in [0.15, 0.2) is 0 Å². The summed E-state index contributed by atoms with van der Waals surface area (Å²) in [4.78, 5) is 11.6. The second kappa shape index (κ2) is 7.69. The molecule has 146 valence electrons. The van der Waals surface area contributed by atoms with Crippen LogP contribution < -0.4 is 16.0 Å². The molecule has 0 unspecified atom stereocenters. The number of hydrogen-bond acceptors (Lipinski definition) is 7. The number of ether oxygens (including phenoxy) is 1. The number of thiophene rings is 1. The van der Waals surface area contributed by atoms with Gasteiger partial charge in [-0.05, 0) is 30.3 Å². The van der Waals surface area contributed by atoms with Crippen molar-refractivity contribution in [3.63, 3.8) is 0 Å². The number of nitrogens with zero attached hydrogens (tertiary/aromatic N) is 3. The average Bonchev–Trinajstić information content (AvgIpc) is 3.18. The number of rotatable bonds is 4. The number of fused-ring (bicyclic) bond motifs is 1. The monoisotopic (exact) mass is 403 g/mol. The number of benzene rings is 2. The quantitative estimate of drug-likeness (QED) is 0.488. The van der Waals surface area contributed by atoms with E-state index in [1.807, 2.05) is 30.5 Å². The third-order valence-electron chi connectivity index (χ3n) is 5.06. The lowest BCUT2D eigenvalue weighted by molar-refractivity contribution is 0.122. The standard InChI is InChI=1S/C22H21N5OS/c23-19-4-2-1-3-17(19)18-14-29-20-13-24-22(26-21(18)20)25-15-5-7-16(8-6-15)27-9-11-28-12-10-27/h1-8,13-14H,9-12,23H2,(H,24,25,26). The van der Waals surface area contributed by atoms with Crippen molar-refractivity contribution in [1.82, 2.24) is 9.97 Å². The van der Waals surface area contributed by atoms with Gasteiger partial charge in [0.25, 0.3) is 0 Å². The fourth-order valence-corrected chi connectivity index (χ4v) is 4.39. The molecule has 2 aromatic carbocycles. The molecule has 0 saturated carbocycles. The molecule has 1 saturated heterocycles. The molecule has 1 aliphatic heterocycles. The summed E-state index contributed by atoms with van der Waals surface area (Å²) in [7, 11) is 0. The van der Waals surface area contributed by atoms with Crippen LogP contribution in [0.15, 0.2) is 60.1 Å². The van der Waals surface area contributed by atoms with Crippen LogP contribution in [0.5, 0.6) is 0 Å². The average molecular weight is 404 g/mol. The zero-order valence-corrected chi connectivity index (χ0v) is 16.7. The fourth-order valence-electron chi connectivity index (χ4n) is 3.53. The highest BCUT2D eigenvalue weighted by Gasteiger charge is 2.13. The molecule has 6 nitrogen and oxygen atoms in total. The van der Waals surface area contributed by atoms with Gasteiger partial charge in [-0.15, -0.1) is 11.3 Å². The Kier molecular flexibility index (Phi) is 4.75. The van der Waals surface area contributed by atoms with Gasteiger partial charge in [-0.3, -0.25) is 0 Å². The molecule has 0 radical (unpaired) electrons. The van der Waals surface area contributed by atoms with E-state index in [-0.39, 0.29) is 0 Å². The first-order chi connectivity index (χ1) is 14.3. The maximum absolute atomic E-state index is 6.17. The van der Waals surface area contributed by atoms with Gasteiger partial charge in [-0.2, -0.15) is 0 Å². The van der Waals surface area contributed by atoms with E-state index in [0.717, 1.165) is 59.0 Å². The van der Waals surface area contributed by atoms with Crippen LogP contribution in [0.1, 0.15) is 0 Å². The molecule has 3 heterocycles. The van der Waals surface area contributed by atoms with E-state index in [1.54, 1.807) is 11.3 Å². The van der Waals surface area contributed by atoms with E-state index in [2.05, 4.69) is 44.8 Å². The van der Waals surface area contributed by atoms with Crippen molar-refractivity contribution in [2.24, 2.45) is 0 Å². The van der Waals surface area contributed by atoms with Crippen LogP contribution in [-0.2, 0) is 4.74 Å². The number of nitrogen functional groups attached to an aromatic ring is 1. The van der Waals surface area contributed by atoms with Gasteiger partial charge in [0, 0.05) is 46.7 Å². The van der Waals surface area contributed by atoms with Gasteiger partial charge in [-0.25, -0.2) is 9.97 Å². The van der Waals surface area contributed by atoms with Gasteiger partial charge in [0.1, 0.15) is 0 Å². The molecule has 0 atom stereocenters. The predicted molar refractivity (Wildman–Crippen MR) is 120 cm³/mol. The highest BCUT2D eigenvalue weighted by atomic mass is 32.1. The Morgan fingerprint density at radius 3 is 2.59 bits per heavy atom. The first kappa shape index (κ1) is 17.9. The summed E-state index contributed by atoms with van der Waals surface area (Å²) in [6.07, 6.45) is 1.86. The van der Waals surface area contributed by atoms with E-state index >= 15 is 0 Å². The minimum Gasteiger partial charge on any atom is -0.398 e. The zero-order chi connectivity index (χ0) is 19.6. The van der Waals surface area contributed by atoms with Gasteiger partial charge < -0.3 is 20.7 Å². The van der Waals surface area contributed by atoms with Crippen molar-refractivity contribution in [3.05, 3.63) is 60.1 Å². The van der Waals surface area contributed by atoms with E-state index in [9.17, 15) is 0 Å². The van der Waals surface area contributed by atoms with Gasteiger partial charge in [0.2, 0.25) is 5.95 Å². The lowest BCUT2D eigenvalue weighted by atomic mass is 10.1. The molecule has 4 aromatic rings. The highest BCUT2D eigenvalue weighted by molar-refractivity contribution is 7.17. The number of hydrogen-bond donors (Lipinski definition) is 2. The Morgan fingerprint density at radius 1 is 1.00 bits per heavy atom. The summed E-state index contributed by atoms with van der Waals surface area (Å²) in [6, 6.07) is 16.2. The van der Waals surface area contributed by atoms with Crippen molar-refractivity contribution in [3.8, 4) is 11.1 Å². The summed E-state index contributed by atoms with van der Waals surface area (Å²) >= 11 is 1.63. The molecular formula is C22H21N5OS. The number of aromatic nitrogens is 2. The van der Waals surface area contributed by atoms with Crippen LogP contribution in [0.2, 0.25) is 0 Å². The van der Waals surface area contributed by atoms with Gasteiger partial charge >= 0.3 is 0 Å². The summed E-state index contributed by atoms with van der Waals surface area (Å²) in [5.41, 5.74) is 12.0. The van der Waals surface area contributed by atoms with Crippen molar-refractivity contribution in [2.45, 2.75) is 0 Å². The third kappa shape index (κ3) is 3.62. The summed E-state index contributed by atoms with van der Waals surface area (Å²) < 4.78 is 6.46. The third-order valence-corrected chi connectivity index (χ3v) is 5.97. The molecule has 7 heteroatoms. The summed E-state index contributed by atoms with van der Waals surface area (Å²) in [5, 5.41) is 5.41. The molecule has 0 spiro atoms. The SMILES string of the molecule is Nc1ccccc1-c1csc2cnc(Nc3ccc(N4CCOCC4)cc3)nc12. The molecule has 3 N–H and O–H groups in total. The fraction of sp³-hybridized carbons (Fsp3) is 0.182. The zero-order valence-electron chi connectivity index (χ0n) is 15.8. The molecule has 1 aliphatic rings. The first-order valence-corrected chi connectivity index (χ1v) is 10.4. The maximum Gasteiger partial charge on any atom is 0.227 e. The molecule has 5 rings (SSSR count). The van der Waals surface area contributed by atoms with Gasteiger partial charge in [0.05, 0.1) is 29.6 Å². The predicted octanol–water partition coefficient (Wildman–Crippen LogP) is 4.52. The lowest BCUT2D eigenvalue weighted by Gasteiger charge is -2.28. The Morgan fingerprint density at radius 2 is 1.79 bits per heavy atom. The topological polar surface area (TPSA) is 76.3 Å². The Balaban J connectivity index is 1.41.